The van der Waals surface area contributed by atoms with Gasteiger partial charge in [0.25, 0.3) is 0 Å². The molecule has 6 nitrogen and oxygen atoms in total. The van der Waals surface area contributed by atoms with Gasteiger partial charge in [-0.15, -0.1) is 0 Å². The monoisotopic (exact) mass is 534 g/mol. The second-order valence-corrected chi connectivity index (χ2v) is 12.3. The zero-order valence-electron chi connectivity index (χ0n) is 24.5. The van der Waals surface area contributed by atoms with E-state index in [9.17, 15) is 14.7 Å². The van der Waals surface area contributed by atoms with Crippen LogP contribution in [0.4, 0.5) is 0 Å². The molecule has 1 N–H and O–H groups in total. The average Bonchev–Trinajstić information content (AvgIpc) is 2.87. The predicted octanol–water partition coefficient (Wildman–Crippen LogP) is 6.94. The van der Waals surface area contributed by atoms with E-state index in [4.69, 9.17) is 14.2 Å². The lowest BCUT2D eigenvalue weighted by Gasteiger charge is -2.45. The second kappa shape index (κ2) is 10.8. The number of aldehydes is 1. The van der Waals surface area contributed by atoms with E-state index in [-0.39, 0.29) is 23.0 Å². The second-order valence-electron chi connectivity index (χ2n) is 12.3. The SMILES string of the molecule is COC(C)(C)C1CC(C=O)C=C2C(=O)c3c(O)c4c(c(CC=C(C)C)c3OC21)O[C@@](C)(CCC=C(C)C)C=C4. The molecule has 3 unspecified atom stereocenters. The molecule has 4 rings (SSSR count). The molecule has 1 aliphatic carbocycles. The first-order valence-electron chi connectivity index (χ1n) is 13.8. The van der Waals surface area contributed by atoms with Crippen LogP contribution in [0.25, 0.3) is 6.08 Å². The maximum absolute atomic E-state index is 14.1. The van der Waals surface area contributed by atoms with Crippen LogP contribution in [0.5, 0.6) is 17.2 Å². The molecule has 1 aromatic rings. The molecule has 0 spiro atoms. The number of phenols is 1. The van der Waals surface area contributed by atoms with Crippen LogP contribution in [0.1, 0.15) is 89.2 Å². The number of rotatable bonds is 8. The summed E-state index contributed by atoms with van der Waals surface area (Å²) in [6.07, 6.45) is 12.7. The zero-order chi connectivity index (χ0) is 28.7. The van der Waals surface area contributed by atoms with Crippen molar-refractivity contribution in [1.29, 1.82) is 0 Å². The summed E-state index contributed by atoms with van der Waals surface area (Å²) in [4.78, 5) is 25.9. The number of Topliss-reactive ketones (excluding diaryl/α,β-unsaturated/α-hetero) is 1. The van der Waals surface area contributed by atoms with Gasteiger partial charge in [0.15, 0.2) is 5.78 Å². The maximum atomic E-state index is 14.1. The Morgan fingerprint density at radius 3 is 2.49 bits per heavy atom. The van der Waals surface area contributed by atoms with Crippen molar-refractivity contribution in [1.82, 2.24) is 0 Å². The lowest BCUT2D eigenvalue weighted by atomic mass is 9.70. The van der Waals surface area contributed by atoms with Gasteiger partial charge in [0.2, 0.25) is 0 Å². The summed E-state index contributed by atoms with van der Waals surface area (Å²) in [6, 6.07) is 0. The number of benzene rings is 1. The smallest absolute Gasteiger partial charge is 0.199 e. The van der Waals surface area contributed by atoms with Crippen LogP contribution in [0.15, 0.2) is 41.0 Å². The van der Waals surface area contributed by atoms with Gasteiger partial charge in [0.1, 0.15) is 40.8 Å². The normalized spacial score (nSPS) is 25.3. The number of ether oxygens (including phenoxy) is 3. The highest BCUT2D eigenvalue weighted by Gasteiger charge is 2.49. The molecule has 2 heterocycles. The van der Waals surface area contributed by atoms with Gasteiger partial charge in [-0.25, -0.2) is 0 Å². The predicted molar refractivity (Wildman–Crippen MR) is 154 cm³/mol. The molecular formula is C33H42O6. The maximum Gasteiger partial charge on any atom is 0.199 e. The molecule has 0 radical (unpaired) electrons. The van der Waals surface area contributed by atoms with Crippen molar-refractivity contribution in [2.75, 3.05) is 7.11 Å². The Morgan fingerprint density at radius 2 is 1.87 bits per heavy atom. The van der Waals surface area contributed by atoms with Crippen LogP contribution >= 0.6 is 0 Å². The minimum absolute atomic E-state index is 0.135. The van der Waals surface area contributed by atoms with Crippen molar-refractivity contribution >= 4 is 18.1 Å². The fraction of sp³-hybridized carbons (Fsp3) is 0.515. The van der Waals surface area contributed by atoms with Gasteiger partial charge < -0.3 is 24.1 Å². The zero-order valence-corrected chi connectivity index (χ0v) is 24.5. The third-order valence-corrected chi connectivity index (χ3v) is 8.28. The highest BCUT2D eigenvalue weighted by Crippen LogP contribution is 2.53. The molecule has 3 aliphatic rings. The Bertz CT molecular complexity index is 1290. The minimum Gasteiger partial charge on any atom is -0.506 e. The highest BCUT2D eigenvalue weighted by molar-refractivity contribution is 6.15. The van der Waals surface area contributed by atoms with Crippen LogP contribution in [0.3, 0.4) is 0 Å². The van der Waals surface area contributed by atoms with Crippen LogP contribution in [0.2, 0.25) is 0 Å². The number of ketones is 1. The number of phenolic OH excluding ortho intramolecular Hbond substituents is 1. The van der Waals surface area contributed by atoms with E-state index in [2.05, 4.69) is 26.0 Å². The van der Waals surface area contributed by atoms with Crippen molar-refractivity contribution in [2.24, 2.45) is 11.8 Å². The van der Waals surface area contributed by atoms with E-state index in [0.717, 1.165) is 30.3 Å². The molecule has 0 aromatic heterocycles. The fourth-order valence-corrected chi connectivity index (χ4v) is 5.72. The molecule has 2 aliphatic heterocycles. The Kier molecular flexibility index (Phi) is 8.00. The molecule has 6 heteroatoms. The Hall–Kier alpha value is -3.12. The quantitative estimate of drug-likeness (QED) is 0.287. The van der Waals surface area contributed by atoms with E-state index in [1.165, 1.54) is 5.57 Å². The summed E-state index contributed by atoms with van der Waals surface area (Å²) in [7, 11) is 1.63. The van der Waals surface area contributed by atoms with Gasteiger partial charge in [-0.1, -0.05) is 29.4 Å². The number of hydrogen-bond acceptors (Lipinski definition) is 6. The number of methoxy groups -OCH3 is 1. The van der Waals surface area contributed by atoms with Crippen molar-refractivity contribution in [2.45, 2.75) is 91.5 Å². The summed E-state index contributed by atoms with van der Waals surface area (Å²) in [5.41, 5.74) is 2.91. The molecule has 39 heavy (non-hydrogen) atoms. The summed E-state index contributed by atoms with van der Waals surface area (Å²) < 4.78 is 19.2. The number of hydrogen-bond donors (Lipinski definition) is 1. The van der Waals surface area contributed by atoms with Crippen molar-refractivity contribution in [3.63, 3.8) is 0 Å². The number of fused-ring (bicyclic) bond motifs is 3. The van der Waals surface area contributed by atoms with Gasteiger partial charge in [-0.3, -0.25) is 4.79 Å². The third-order valence-electron chi connectivity index (χ3n) is 8.28. The average molecular weight is 535 g/mol. The number of allylic oxidation sites excluding steroid dienone is 5. The Morgan fingerprint density at radius 1 is 1.18 bits per heavy atom. The third kappa shape index (κ3) is 5.49. The highest BCUT2D eigenvalue weighted by atomic mass is 16.5. The summed E-state index contributed by atoms with van der Waals surface area (Å²) in [5.74, 6) is -0.231. The standard InChI is InChI=1S/C33H42O6/c1-19(2)10-9-14-33(7)15-13-22-27(35)26-28(36)24-16-21(18-34)17-25(32(5,6)37-8)30(24)38-31(26)23(29(22)39-33)12-11-20(3)4/h10-11,13,15-16,18,21,25,30,35H,9,12,14,17H2,1-8H3/t21?,25?,30?,33-/m0/s1. The summed E-state index contributed by atoms with van der Waals surface area (Å²) in [5, 5.41) is 11.5. The first-order chi connectivity index (χ1) is 18.3. The van der Waals surface area contributed by atoms with Crippen LogP contribution in [0, 0.1) is 11.8 Å². The van der Waals surface area contributed by atoms with Gasteiger partial charge in [0.05, 0.1) is 11.2 Å². The van der Waals surface area contributed by atoms with Gasteiger partial charge in [-0.05, 0) is 86.3 Å². The molecule has 0 bridgehead atoms. The van der Waals surface area contributed by atoms with E-state index < -0.39 is 23.2 Å². The Balaban J connectivity index is 1.90. The number of carbonyl (C=O) groups is 2. The first-order valence-corrected chi connectivity index (χ1v) is 13.8. The topological polar surface area (TPSA) is 82.1 Å². The van der Waals surface area contributed by atoms with Crippen LogP contribution in [-0.4, -0.2) is 41.6 Å². The van der Waals surface area contributed by atoms with Crippen molar-refractivity contribution in [3.05, 3.63) is 57.7 Å². The lowest BCUT2D eigenvalue weighted by molar-refractivity contribution is -0.113. The van der Waals surface area contributed by atoms with E-state index in [1.807, 2.05) is 46.8 Å². The molecule has 0 saturated heterocycles. The van der Waals surface area contributed by atoms with E-state index >= 15 is 0 Å². The van der Waals surface area contributed by atoms with E-state index in [0.29, 0.717) is 35.5 Å². The molecule has 4 atom stereocenters. The molecule has 210 valence electrons. The largest absolute Gasteiger partial charge is 0.506 e. The molecule has 1 aromatic carbocycles. The van der Waals surface area contributed by atoms with Gasteiger partial charge in [-0.2, -0.15) is 0 Å². The van der Waals surface area contributed by atoms with Gasteiger partial charge >= 0.3 is 0 Å². The molecular weight excluding hydrogens is 492 g/mol. The van der Waals surface area contributed by atoms with Crippen LogP contribution in [-0.2, 0) is 16.0 Å². The molecule has 0 fully saturated rings. The molecule has 0 amide bonds. The van der Waals surface area contributed by atoms with Gasteiger partial charge in [0, 0.05) is 30.1 Å². The fourth-order valence-electron chi connectivity index (χ4n) is 5.72. The summed E-state index contributed by atoms with van der Waals surface area (Å²) in [6.45, 7) is 14.1. The van der Waals surface area contributed by atoms with Crippen LogP contribution < -0.4 is 9.47 Å². The number of aromatic hydroxyl groups is 1. The molecule has 0 saturated carbocycles. The number of carbonyl (C=O) groups excluding carboxylic acids is 2. The first kappa shape index (κ1) is 28.9. The van der Waals surface area contributed by atoms with Crippen molar-refractivity contribution in [3.8, 4) is 17.2 Å². The van der Waals surface area contributed by atoms with Crippen molar-refractivity contribution < 1.29 is 28.9 Å². The van der Waals surface area contributed by atoms with E-state index in [1.54, 1.807) is 13.2 Å². The minimum atomic E-state index is -0.651. The summed E-state index contributed by atoms with van der Waals surface area (Å²) >= 11 is 0. The Labute approximate surface area is 232 Å². The lowest BCUT2D eigenvalue weighted by Crippen LogP contribution is -2.50.